The van der Waals surface area contributed by atoms with Crippen molar-refractivity contribution in [2.45, 2.75) is 39.4 Å². The number of rotatable bonds is 9. The number of halogens is 2. The number of hydrogen-bond acceptors (Lipinski definition) is 3. The van der Waals surface area contributed by atoms with E-state index >= 15 is 0 Å². The number of ether oxygens (including phenoxy) is 2. The minimum absolute atomic E-state index is 0. The minimum Gasteiger partial charge on any atom is -0.489 e. The number of benzene rings is 1. The van der Waals surface area contributed by atoms with Gasteiger partial charge in [-0.1, -0.05) is 0 Å². The maximum absolute atomic E-state index is 12.8. The van der Waals surface area contributed by atoms with E-state index in [1.807, 2.05) is 20.8 Å². The van der Waals surface area contributed by atoms with Crippen molar-refractivity contribution in [1.29, 1.82) is 0 Å². The van der Waals surface area contributed by atoms with E-state index in [1.165, 1.54) is 12.1 Å². The SMILES string of the molecule is CN=C(NCCCOC(C)C)NCC(C)Oc1ccc(F)cc1.I. The van der Waals surface area contributed by atoms with Crippen molar-refractivity contribution in [1.82, 2.24) is 10.6 Å². The highest BCUT2D eigenvalue weighted by Crippen LogP contribution is 2.12. The van der Waals surface area contributed by atoms with Crippen LogP contribution in [0.5, 0.6) is 5.75 Å². The van der Waals surface area contributed by atoms with Crippen molar-refractivity contribution >= 4 is 29.9 Å². The number of guanidine groups is 1. The Labute approximate surface area is 161 Å². The van der Waals surface area contributed by atoms with Gasteiger partial charge in [-0.2, -0.15) is 0 Å². The lowest BCUT2D eigenvalue weighted by Crippen LogP contribution is -2.42. The van der Waals surface area contributed by atoms with E-state index in [2.05, 4.69) is 15.6 Å². The lowest BCUT2D eigenvalue weighted by molar-refractivity contribution is 0.0776. The first-order valence-corrected chi connectivity index (χ1v) is 7.99. The molecular weight excluding hydrogens is 424 g/mol. The van der Waals surface area contributed by atoms with Crippen LogP contribution in [0.3, 0.4) is 0 Å². The van der Waals surface area contributed by atoms with Gasteiger partial charge in [0.25, 0.3) is 0 Å². The van der Waals surface area contributed by atoms with E-state index in [-0.39, 0.29) is 42.0 Å². The lowest BCUT2D eigenvalue weighted by atomic mass is 10.3. The Hall–Kier alpha value is -1.09. The molecule has 0 radical (unpaired) electrons. The third-order valence-electron chi connectivity index (χ3n) is 3.00. The van der Waals surface area contributed by atoms with Crippen LogP contribution in [0, 0.1) is 5.82 Å². The highest BCUT2D eigenvalue weighted by molar-refractivity contribution is 14.0. The highest BCUT2D eigenvalue weighted by atomic mass is 127. The molecule has 24 heavy (non-hydrogen) atoms. The molecule has 1 rings (SSSR count). The first kappa shape index (κ1) is 22.9. The number of nitrogens with one attached hydrogen (secondary N) is 2. The van der Waals surface area contributed by atoms with Gasteiger partial charge in [0.05, 0.1) is 12.6 Å². The van der Waals surface area contributed by atoms with E-state index in [0.29, 0.717) is 12.3 Å². The Balaban J connectivity index is 0.00000529. The molecule has 0 saturated heterocycles. The second-order valence-corrected chi connectivity index (χ2v) is 5.54. The molecule has 138 valence electrons. The summed E-state index contributed by atoms with van der Waals surface area (Å²) in [4.78, 5) is 4.16. The standard InChI is InChI=1S/C17H28FN3O2.HI/c1-13(2)22-11-5-10-20-17(19-4)21-12-14(3)23-16-8-6-15(18)7-9-16;/h6-9,13-14H,5,10-12H2,1-4H3,(H2,19,20,21);1H. The Morgan fingerprint density at radius 2 is 1.83 bits per heavy atom. The number of nitrogens with zero attached hydrogens (tertiary/aromatic N) is 1. The Morgan fingerprint density at radius 3 is 2.42 bits per heavy atom. The molecule has 0 aliphatic heterocycles. The van der Waals surface area contributed by atoms with Crippen LogP contribution in [0.15, 0.2) is 29.3 Å². The molecular formula is C17H29FIN3O2. The first-order valence-electron chi connectivity index (χ1n) is 7.99. The molecule has 5 nitrogen and oxygen atoms in total. The van der Waals surface area contributed by atoms with Gasteiger partial charge in [-0.25, -0.2) is 4.39 Å². The molecule has 2 N–H and O–H groups in total. The van der Waals surface area contributed by atoms with E-state index in [1.54, 1.807) is 19.2 Å². The molecule has 1 aromatic rings. The quantitative estimate of drug-likeness (QED) is 0.261. The molecule has 0 bridgehead atoms. The highest BCUT2D eigenvalue weighted by Gasteiger charge is 2.06. The summed E-state index contributed by atoms with van der Waals surface area (Å²) < 4.78 is 24.0. The van der Waals surface area contributed by atoms with Crippen LogP contribution in [0.1, 0.15) is 27.2 Å². The normalized spacial score (nSPS) is 12.5. The van der Waals surface area contributed by atoms with Gasteiger partial charge in [0, 0.05) is 20.2 Å². The zero-order chi connectivity index (χ0) is 17.1. The largest absolute Gasteiger partial charge is 0.489 e. The Bertz CT molecular complexity index is 469. The van der Waals surface area contributed by atoms with Gasteiger partial charge >= 0.3 is 0 Å². The molecule has 0 amide bonds. The predicted molar refractivity (Wildman–Crippen MR) is 107 cm³/mol. The number of hydrogen-bond donors (Lipinski definition) is 2. The van der Waals surface area contributed by atoms with Crippen LogP contribution < -0.4 is 15.4 Å². The van der Waals surface area contributed by atoms with Crippen molar-refractivity contribution in [3.05, 3.63) is 30.1 Å². The van der Waals surface area contributed by atoms with Crippen molar-refractivity contribution in [3.63, 3.8) is 0 Å². The summed E-state index contributed by atoms with van der Waals surface area (Å²) in [5.41, 5.74) is 0. The van der Waals surface area contributed by atoms with Crippen LogP contribution in [0.4, 0.5) is 4.39 Å². The van der Waals surface area contributed by atoms with Crippen LogP contribution in [0.2, 0.25) is 0 Å². The van der Waals surface area contributed by atoms with E-state index in [4.69, 9.17) is 9.47 Å². The van der Waals surface area contributed by atoms with Crippen molar-refractivity contribution in [3.8, 4) is 5.75 Å². The van der Waals surface area contributed by atoms with E-state index in [9.17, 15) is 4.39 Å². The molecule has 1 atom stereocenters. The summed E-state index contributed by atoms with van der Waals surface area (Å²) in [5.74, 6) is 1.10. The van der Waals surface area contributed by atoms with E-state index < -0.39 is 0 Å². The van der Waals surface area contributed by atoms with Gasteiger partial charge in [0.2, 0.25) is 0 Å². The maximum Gasteiger partial charge on any atom is 0.191 e. The monoisotopic (exact) mass is 453 g/mol. The Morgan fingerprint density at radius 1 is 1.17 bits per heavy atom. The van der Waals surface area contributed by atoms with Crippen LogP contribution >= 0.6 is 24.0 Å². The molecule has 0 aromatic heterocycles. The molecule has 0 saturated carbocycles. The fourth-order valence-corrected chi connectivity index (χ4v) is 1.85. The van der Waals surface area contributed by atoms with Gasteiger partial charge in [0.1, 0.15) is 17.7 Å². The molecule has 0 aliphatic rings. The molecule has 0 heterocycles. The van der Waals surface area contributed by atoms with Crippen molar-refractivity contribution in [2.24, 2.45) is 4.99 Å². The molecule has 0 fully saturated rings. The smallest absolute Gasteiger partial charge is 0.191 e. The summed E-state index contributed by atoms with van der Waals surface area (Å²) in [6, 6.07) is 6.01. The number of aliphatic imine (C=N–C) groups is 1. The van der Waals surface area contributed by atoms with Gasteiger partial charge < -0.3 is 20.1 Å². The topological polar surface area (TPSA) is 54.9 Å². The van der Waals surface area contributed by atoms with Crippen LogP contribution in [0.25, 0.3) is 0 Å². The summed E-state index contributed by atoms with van der Waals surface area (Å²) in [5, 5.41) is 6.42. The average molecular weight is 453 g/mol. The summed E-state index contributed by atoms with van der Waals surface area (Å²) in [6.45, 7) is 8.11. The van der Waals surface area contributed by atoms with Crippen molar-refractivity contribution < 1.29 is 13.9 Å². The maximum atomic E-state index is 12.8. The lowest BCUT2D eigenvalue weighted by Gasteiger charge is -2.18. The van der Waals surface area contributed by atoms with Crippen LogP contribution in [-0.2, 0) is 4.74 Å². The zero-order valence-corrected chi connectivity index (χ0v) is 17.2. The van der Waals surface area contributed by atoms with Gasteiger partial charge in [-0.3, -0.25) is 4.99 Å². The molecule has 0 spiro atoms. The predicted octanol–water partition coefficient (Wildman–Crippen LogP) is 3.19. The van der Waals surface area contributed by atoms with Gasteiger partial charge in [-0.05, 0) is 51.5 Å². The minimum atomic E-state index is -0.269. The third kappa shape index (κ3) is 10.6. The average Bonchev–Trinajstić information content (AvgIpc) is 2.52. The zero-order valence-electron chi connectivity index (χ0n) is 14.8. The van der Waals surface area contributed by atoms with Gasteiger partial charge in [0.15, 0.2) is 5.96 Å². The summed E-state index contributed by atoms with van der Waals surface area (Å²) in [6.07, 6.45) is 1.11. The Kier molecular flexibility index (Phi) is 12.6. The van der Waals surface area contributed by atoms with Crippen LogP contribution in [-0.4, -0.2) is 44.9 Å². The summed E-state index contributed by atoms with van der Waals surface area (Å²) >= 11 is 0. The third-order valence-corrected chi connectivity index (χ3v) is 3.00. The fraction of sp³-hybridized carbons (Fsp3) is 0.588. The molecule has 0 aliphatic carbocycles. The van der Waals surface area contributed by atoms with Gasteiger partial charge in [-0.15, -0.1) is 24.0 Å². The van der Waals surface area contributed by atoms with Crippen molar-refractivity contribution in [2.75, 3.05) is 26.7 Å². The molecule has 1 aromatic carbocycles. The fourth-order valence-electron chi connectivity index (χ4n) is 1.85. The second kappa shape index (κ2) is 13.2. The second-order valence-electron chi connectivity index (χ2n) is 5.54. The molecule has 7 heteroatoms. The first-order chi connectivity index (χ1) is 11.0. The van der Waals surface area contributed by atoms with E-state index in [0.717, 1.165) is 25.5 Å². The summed E-state index contributed by atoms with van der Waals surface area (Å²) in [7, 11) is 1.73. The molecule has 1 unspecified atom stereocenters.